The SMILES string of the molecule is O=C(Nc1ccc([N+](=O)[O-])cc1[C@H](Sc1ccccc1)c1ccccc1)c1ccc([N+](=O)[O-])cc1. The van der Waals surface area contributed by atoms with Crippen molar-refractivity contribution in [1.29, 1.82) is 0 Å². The van der Waals surface area contributed by atoms with Gasteiger partial charge in [0.05, 0.1) is 15.1 Å². The number of carbonyl (C=O) groups is 1. The van der Waals surface area contributed by atoms with Crippen molar-refractivity contribution in [3.8, 4) is 0 Å². The molecule has 174 valence electrons. The Hall–Kier alpha value is -4.50. The van der Waals surface area contributed by atoms with E-state index < -0.39 is 15.8 Å². The molecule has 8 nitrogen and oxygen atoms in total. The number of nitro groups is 2. The molecule has 0 radical (unpaired) electrons. The molecule has 0 unspecified atom stereocenters. The summed E-state index contributed by atoms with van der Waals surface area (Å²) in [6, 6.07) is 28.7. The van der Waals surface area contributed by atoms with Crippen LogP contribution in [0.5, 0.6) is 0 Å². The molecule has 1 atom stereocenters. The van der Waals surface area contributed by atoms with Crippen molar-refractivity contribution < 1.29 is 14.6 Å². The highest BCUT2D eigenvalue weighted by molar-refractivity contribution is 7.99. The normalized spacial score (nSPS) is 11.4. The first-order chi connectivity index (χ1) is 16.9. The number of anilines is 1. The summed E-state index contributed by atoms with van der Waals surface area (Å²) in [4.78, 5) is 35.4. The van der Waals surface area contributed by atoms with Gasteiger partial charge in [-0.2, -0.15) is 0 Å². The molecule has 4 rings (SSSR count). The van der Waals surface area contributed by atoms with E-state index in [-0.39, 0.29) is 22.2 Å². The van der Waals surface area contributed by atoms with Crippen molar-refractivity contribution in [3.63, 3.8) is 0 Å². The summed E-state index contributed by atoms with van der Waals surface area (Å²) < 4.78 is 0. The number of nitrogens with zero attached hydrogens (tertiary/aromatic N) is 2. The molecule has 0 spiro atoms. The van der Waals surface area contributed by atoms with Gasteiger partial charge in [0.15, 0.2) is 0 Å². The number of thioether (sulfide) groups is 1. The fourth-order valence-corrected chi connectivity index (χ4v) is 4.70. The van der Waals surface area contributed by atoms with Crippen LogP contribution in [0.25, 0.3) is 0 Å². The average molecular weight is 486 g/mol. The van der Waals surface area contributed by atoms with Crippen LogP contribution in [0.4, 0.5) is 17.1 Å². The van der Waals surface area contributed by atoms with Gasteiger partial charge in [0, 0.05) is 46.0 Å². The summed E-state index contributed by atoms with van der Waals surface area (Å²) in [6.45, 7) is 0. The molecular formula is C26H19N3O5S. The Morgan fingerprint density at radius 1 is 0.743 bits per heavy atom. The molecule has 0 aliphatic heterocycles. The lowest BCUT2D eigenvalue weighted by molar-refractivity contribution is -0.385. The van der Waals surface area contributed by atoms with Crippen LogP contribution in [-0.4, -0.2) is 15.8 Å². The quantitative estimate of drug-likeness (QED) is 0.170. The van der Waals surface area contributed by atoms with Crippen molar-refractivity contribution in [2.75, 3.05) is 5.32 Å². The summed E-state index contributed by atoms with van der Waals surface area (Å²) in [6.07, 6.45) is 0. The molecule has 1 amide bonds. The Balaban J connectivity index is 1.76. The predicted molar refractivity (Wildman–Crippen MR) is 135 cm³/mol. The summed E-state index contributed by atoms with van der Waals surface area (Å²) in [5.41, 5.74) is 1.90. The van der Waals surface area contributed by atoms with E-state index in [1.165, 1.54) is 54.2 Å². The molecule has 0 saturated carbocycles. The second-order valence-electron chi connectivity index (χ2n) is 7.51. The number of rotatable bonds is 8. The van der Waals surface area contributed by atoms with E-state index in [0.717, 1.165) is 10.5 Å². The minimum atomic E-state index is -0.540. The molecule has 0 bridgehead atoms. The topological polar surface area (TPSA) is 115 Å². The van der Waals surface area contributed by atoms with Crippen LogP contribution in [0.1, 0.15) is 26.7 Å². The average Bonchev–Trinajstić information content (AvgIpc) is 2.88. The molecular weight excluding hydrogens is 466 g/mol. The standard InChI is InChI=1S/C26H19N3O5S/c30-26(19-11-13-20(14-12-19)28(31)32)27-24-16-15-21(29(33)34)17-23(24)25(18-7-3-1-4-8-18)35-22-9-5-2-6-10-22/h1-17,25H,(H,27,30)/t25-/m1/s1. The molecule has 0 aromatic heterocycles. The van der Waals surface area contributed by atoms with Crippen LogP contribution >= 0.6 is 11.8 Å². The van der Waals surface area contributed by atoms with Crippen molar-refractivity contribution in [1.82, 2.24) is 0 Å². The lowest BCUT2D eigenvalue weighted by Gasteiger charge is -2.21. The second-order valence-corrected chi connectivity index (χ2v) is 8.69. The summed E-state index contributed by atoms with van der Waals surface area (Å²) >= 11 is 1.51. The minimum Gasteiger partial charge on any atom is -0.322 e. The third-order valence-corrected chi connectivity index (χ3v) is 6.52. The zero-order valence-electron chi connectivity index (χ0n) is 18.2. The van der Waals surface area contributed by atoms with Crippen LogP contribution in [0.15, 0.2) is 108 Å². The number of carbonyl (C=O) groups excluding carboxylic acids is 1. The number of nitrogens with one attached hydrogen (secondary N) is 1. The van der Waals surface area contributed by atoms with E-state index in [1.807, 2.05) is 60.7 Å². The fraction of sp³-hybridized carbons (Fsp3) is 0.0385. The zero-order valence-corrected chi connectivity index (χ0v) is 19.1. The van der Waals surface area contributed by atoms with Crippen LogP contribution < -0.4 is 5.32 Å². The fourth-order valence-electron chi connectivity index (χ4n) is 3.50. The summed E-state index contributed by atoms with van der Waals surface area (Å²) in [5.74, 6) is -0.480. The number of hydrogen-bond donors (Lipinski definition) is 1. The lowest BCUT2D eigenvalue weighted by atomic mass is 10.0. The van der Waals surface area contributed by atoms with Crippen LogP contribution in [0.3, 0.4) is 0 Å². The van der Waals surface area contributed by atoms with Gasteiger partial charge in [0.2, 0.25) is 0 Å². The third kappa shape index (κ3) is 5.71. The highest BCUT2D eigenvalue weighted by atomic mass is 32.2. The number of amides is 1. The zero-order chi connectivity index (χ0) is 24.8. The summed E-state index contributed by atoms with van der Waals surface area (Å²) in [5, 5.41) is 25.0. The predicted octanol–water partition coefficient (Wildman–Crippen LogP) is 6.64. The van der Waals surface area contributed by atoms with Gasteiger partial charge in [-0.15, -0.1) is 11.8 Å². The van der Waals surface area contributed by atoms with Gasteiger partial charge in [-0.25, -0.2) is 0 Å². The molecule has 9 heteroatoms. The maximum atomic E-state index is 13.0. The molecule has 35 heavy (non-hydrogen) atoms. The Morgan fingerprint density at radius 2 is 1.31 bits per heavy atom. The number of benzene rings is 4. The maximum Gasteiger partial charge on any atom is 0.269 e. The van der Waals surface area contributed by atoms with Crippen molar-refractivity contribution in [2.24, 2.45) is 0 Å². The smallest absolute Gasteiger partial charge is 0.269 e. The van der Waals surface area contributed by atoms with Crippen molar-refractivity contribution in [2.45, 2.75) is 10.1 Å². The highest BCUT2D eigenvalue weighted by Crippen LogP contribution is 2.44. The number of nitro benzene ring substituents is 2. The molecule has 0 aliphatic carbocycles. The van der Waals surface area contributed by atoms with Gasteiger partial charge < -0.3 is 5.32 Å². The first-order valence-corrected chi connectivity index (χ1v) is 11.4. The first kappa shape index (κ1) is 23.7. The Morgan fingerprint density at radius 3 is 1.91 bits per heavy atom. The Kier molecular flexibility index (Phi) is 7.18. The van der Waals surface area contributed by atoms with Crippen molar-refractivity contribution in [3.05, 3.63) is 140 Å². The summed E-state index contributed by atoms with van der Waals surface area (Å²) in [7, 11) is 0. The molecule has 4 aromatic rings. The molecule has 0 saturated heterocycles. The molecule has 4 aromatic carbocycles. The molecule has 1 N–H and O–H groups in total. The van der Waals surface area contributed by atoms with Crippen LogP contribution in [-0.2, 0) is 0 Å². The highest BCUT2D eigenvalue weighted by Gasteiger charge is 2.23. The molecule has 0 aliphatic rings. The van der Waals surface area contributed by atoms with Crippen LogP contribution in [0, 0.1) is 20.2 Å². The Labute approximate surface area is 204 Å². The third-order valence-electron chi connectivity index (χ3n) is 5.22. The first-order valence-electron chi connectivity index (χ1n) is 10.5. The van der Waals surface area contributed by atoms with E-state index in [9.17, 15) is 25.0 Å². The van der Waals surface area contributed by atoms with Gasteiger partial charge in [-0.05, 0) is 35.9 Å². The second kappa shape index (κ2) is 10.6. The number of non-ortho nitro benzene ring substituents is 2. The van der Waals surface area contributed by atoms with Gasteiger partial charge in [-0.3, -0.25) is 25.0 Å². The van der Waals surface area contributed by atoms with E-state index in [4.69, 9.17) is 0 Å². The van der Waals surface area contributed by atoms with Gasteiger partial charge >= 0.3 is 0 Å². The van der Waals surface area contributed by atoms with Gasteiger partial charge in [0.25, 0.3) is 17.3 Å². The maximum absolute atomic E-state index is 13.0. The largest absolute Gasteiger partial charge is 0.322 e. The number of hydrogen-bond acceptors (Lipinski definition) is 6. The molecule has 0 heterocycles. The van der Waals surface area contributed by atoms with E-state index >= 15 is 0 Å². The van der Waals surface area contributed by atoms with Crippen LogP contribution in [0.2, 0.25) is 0 Å². The van der Waals surface area contributed by atoms with Crippen molar-refractivity contribution >= 4 is 34.7 Å². The molecule has 0 fully saturated rings. The van der Waals surface area contributed by atoms with E-state index in [0.29, 0.717) is 11.3 Å². The van der Waals surface area contributed by atoms with E-state index in [1.54, 1.807) is 0 Å². The van der Waals surface area contributed by atoms with Gasteiger partial charge in [0.1, 0.15) is 0 Å². The minimum absolute atomic E-state index is 0.0945. The van der Waals surface area contributed by atoms with E-state index in [2.05, 4.69) is 5.32 Å². The monoisotopic (exact) mass is 485 g/mol. The lowest BCUT2D eigenvalue weighted by Crippen LogP contribution is -2.14. The Bertz CT molecular complexity index is 1360. The van der Waals surface area contributed by atoms with Gasteiger partial charge in [-0.1, -0.05) is 48.5 Å².